The number of carbonyl (C=O) groups is 1. The number of sulfonamides is 1. The Morgan fingerprint density at radius 2 is 1.96 bits per heavy atom. The predicted octanol–water partition coefficient (Wildman–Crippen LogP) is 2.29. The second-order valence-corrected chi connectivity index (χ2v) is 9.56. The van der Waals surface area contributed by atoms with E-state index in [0.29, 0.717) is 6.54 Å². The van der Waals surface area contributed by atoms with Gasteiger partial charge in [-0.2, -0.15) is 0 Å². The maximum absolute atomic E-state index is 12.3. The van der Waals surface area contributed by atoms with Crippen molar-refractivity contribution in [3.63, 3.8) is 0 Å². The van der Waals surface area contributed by atoms with Crippen molar-refractivity contribution >= 4 is 27.4 Å². The Kier molecular flexibility index (Phi) is 7.06. The number of urea groups is 1. The van der Waals surface area contributed by atoms with Gasteiger partial charge in [0, 0.05) is 18.0 Å². The van der Waals surface area contributed by atoms with E-state index in [1.807, 2.05) is 6.07 Å². The summed E-state index contributed by atoms with van der Waals surface area (Å²) in [5.41, 5.74) is 0.723. The first-order chi connectivity index (χ1) is 13.5. The zero-order valence-corrected chi connectivity index (χ0v) is 17.5. The molecular weight excluding hydrogens is 396 g/mol. The number of carbonyl (C=O) groups excluding carboxylic acids is 1. The van der Waals surface area contributed by atoms with Crippen LogP contribution in [0.4, 0.5) is 4.79 Å². The number of nitrogens with zero attached hydrogens (tertiary/aromatic N) is 1. The second-order valence-electron chi connectivity index (χ2n) is 6.69. The third kappa shape index (κ3) is 5.32. The van der Waals surface area contributed by atoms with Crippen molar-refractivity contribution in [3.05, 3.63) is 52.2 Å². The van der Waals surface area contributed by atoms with E-state index in [1.54, 1.807) is 29.5 Å². The van der Waals surface area contributed by atoms with Crippen molar-refractivity contribution in [2.45, 2.75) is 30.3 Å². The number of benzene rings is 1. The topological polar surface area (TPSA) is 90.5 Å². The number of hydrogen-bond donors (Lipinski definition) is 3. The first kappa shape index (κ1) is 20.8. The minimum absolute atomic E-state index is 0.182. The summed E-state index contributed by atoms with van der Waals surface area (Å²) >= 11 is 1.71. The molecule has 9 heteroatoms. The lowest BCUT2D eigenvalue weighted by molar-refractivity contribution is 0.222. The van der Waals surface area contributed by atoms with Gasteiger partial charge in [-0.3, -0.25) is 4.90 Å². The van der Waals surface area contributed by atoms with Crippen LogP contribution < -0.4 is 15.4 Å². The molecule has 0 spiro atoms. The van der Waals surface area contributed by atoms with E-state index in [1.165, 1.54) is 30.8 Å². The molecule has 2 aromatic rings. The average molecular weight is 423 g/mol. The third-order valence-corrected chi connectivity index (χ3v) is 7.23. The lowest BCUT2D eigenvalue weighted by Crippen LogP contribution is -2.41. The molecule has 0 saturated carbocycles. The minimum atomic E-state index is -3.50. The highest BCUT2D eigenvalue weighted by Crippen LogP contribution is 2.27. The van der Waals surface area contributed by atoms with Gasteiger partial charge in [-0.15, -0.1) is 11.3 Å². The Balaban J connectivity index is 1.55. The summed E-state index contributed by atoms with van der Waals surface area (Å²) in [6, 6.07) is 10.6. The van der Waals surface area contributed by atoms with Gasteiger partial charge in [0.2, 0.25) is 10.0 Å². The fraction of sp³-hybridized carbons (Fsp3) is 0.421. The quantitative estimate of drug-likeness (QED) is 0.609. The molecular formula is C19H26N4O3S2. The van der Waals surface area contributed by atoms with E-state index in [-0.39, 0.29) is 23.5 Å². The van der Waals surface area contributed by atoms with Gasteiger partial charge < -0.3 is 10.6 Å². The lowest BCUT2D eigenvalue weighted by Gasteiger charge is -2.27. The molecule has 1 unspecified atom stereocenters. The molecule has 3 rings (SSSR count). The lowest BCUT2D eigenvalue weighted by atomic mass is 10.2. The van der Waals surface area contributed by atoms with E-state index < -0.39 is 10.0 Å². The molecule has 1 fully saturated rings. The molecule has 1 aliphatic heterocycles. The molecule has 1 aromatic carbocycles. The van der Waals surface area contributed by atoms with Crippen LogP contribution in [0, 0.1) is 0 Å². The number of nitrogens with one attached hydrogen (secondary N) is 3. The van der Waals surface area contributed by atoms with Crippen LogP contribution in [0.1, 0.15) is 29.3 Å². The van der Waals surface area contributed by atoms with Crippen molar-refractivity contribution in [2.75, 3.05) is 26.7 Å². The summed E-state index contributed by atoms with van der Waals surface area (Å²) in [6.07, 6.45) is 2.39. The van der Waals surface area contributed by atoms with Crippen LogP contribution in [-0.2, 0) is 16.6 Å². The maximum Gasteiger partial charge on any atom is 0.315 e. The number of amides is 2. The van der Waals surface area contributed by atoms with Gasteiger partial charge in [-0.05, 0) is 62.1 Å². The van der Waals surface area contributed by atoms with Crippen molar-refractivity contribution in [2.24, 2.45) is 0 Å². The summed E-state index contributed by atoms with van der Waals surface area (Å²) in [6.45, 7) is 2.91. The number of rotatable bonds is 8. The fourth-order valence-electron chi connectivity index (χ4n) is 3.32. The zero-order chi connectivity index (χ0) is 20.0. The first-order valence-electron chi connectivity index (χ1n) is 9.31. The molecule has 2 heterocycles. The number of likely N-dealkylation sites (tertiary alicyclic amines) is 1. The number of hydrogen-bond acceptors (Lipinski definition) is 5. The molecule has 1 atom stereocenters. The Labute approximate surface area is 170 Å². The van der Waals surface area contributed by atoms with Gasteiger partial charge in [-0.1, -0.05) is 18.2 Å². The normalized spacial score (nSPS) is 16.0. The highest BCUT2D eigenvalue weighted by atomic mass is 32.2. The second kappa shape index (κ2) is 9.51. The van der Waals surface area contributed by atoms with Gasteiger partial charge in [-0.25, -0.2) is 17.9 Å². The largest absolute Gasteiger partial charge is 0.336 e. The van der Waals surface area contributed by atoms with Crippen LogP contribution in [0.25, 0.3) is 0 Å². The van der Waals surface area contributed by atoms with E-state index >= 15 is 0 Å². The zero-order valence-electron chi connectivity index (χ0n) is 15.8. The van der Waals surface area contributed by atoms with Gasteiger partial charge in [0.1, 0.15) is 0 Å². The molecule has 2 amide bonds. The van der Waals surface area contributed by atoms with Crippen molar-refractivity contribution in [3.8, 4) is 0 Å². The summed E-state index contributed by atoms with van der Waals surface area (Å²) in [5.74, 6) is 0. The predicted molar refractivity (Wildman–Crippen MR) is 111 cm³/mol. The van der Waals surface area contributed by atoms with Gasteiger partial charge >= 0.3 is 6.03 Å². The Morgan fingerprint density at radius 3 is 2.64 bits per heavy atom. The summed E-state index contributed by atoms with van der Waals surface area (Å²) in [7, 11) is -2.12. The summed E-state index contributed by atoms with van der Waals surface area (Å²) in [4.78, 5) is 16.1. The van der Waals surface area contributed by atoms with Crippen LogP contribution in [0.5, 0.6) is 0 Å². The Bertz CT molecular complexity index is 878. The van der Waals surface area contributed by atoms with Crippen LogP contribution in [0.2, 0.25) is 0 Å². The highest BCUT2D eigenvalue weighted by Gasteiger charge is 2.24. The van der Waals surface area contributed by atoms with Crippen LogP contribution in [0.3, 0.4) is 0 Å². The molecule has 152 valence electrons. The molecule has 0 radical (unpaired) electrons. The SMILES string of the molecule is CNS(=O)(=O)c1cccc(CNC(=O)NCC(c2cccs2)N2CCCC2)c1. The van der Waals surface area contributed by atoms with Crippen molar-refractivity contribution < 1.29 is 13.2 Å². The molecule has 0 bridgehead atoms. The molecule has 3 N–H and O–H groups in total. The Morgan fingerprint density at radius 1 is 1.18 bits per heavy atom. The third-order valence-electron chi connectivity index (χ3n) is 4.84. The summed E-state index contributed by atoms with van der Waals surface area (Å²) < 4.78 is 26.1. The smallest absolute Gasteiger partial charge is 0.315 e. The molecule has 7 nitrogen and oxygen atoms in total. The van der Waals surface area contributed by atoms with E-state index in [2.05, 4.69) is 31.7 Å². The maximum atomic E-state index is 12.3. The van der Waals surface area contributed by atoms with E-state index in [4.69, 9.17) is 0 Å². The van der Waals surface area contributed by atoms with Gasteiger partial charge in [0.25, 0.3) is 0 Å². The Hall–Kier alpha value is -1.94. The molecule has 1 aromatic heterocycles. The minimum Gasteiger partial charge on any atom is -0.336 e. The number of thiophene rings is 1. The van der Waals surface area contributed by atoms with E-state index in [9.17, 15) is 13.2 Å². The van der Waals surface area contributed by atoms with Crippen molar-refractivity contribution in [1.29, 1.82) is 0 Å². The van der Waals surface area contributed by atoms with Crippen molar-refractivity contribution in [1.82, 2.24) is 20.3 Å². The van der Waals surface area contributed by atoms with Crippen LogP contribution >= 0.6 is 11.3 Å². The monoisotopic (exact) mass is 422 g/mol. The summed E-state index contributed by atoms with van der Waals surface area (Å²) in [5, 5.41) is 7.83. The van der Waals surface area contributed by atoms with E-state index in [0.717, 1.165) is 18.7 Å². The van der Waals surface area contributed by atoms with Crippen LogP contribution in [-0.4, -0.2) is 46.0 Å². The molecule has 1 saturated heterocycles. The first-order valence-corrected chi connectivity index (χ1v) is 11.7. The standard InChI is InChI=1S/C19H26N4O3S2/c1-20-28(25,26)16-7-4-6-15(12-16)13-21-19(24)22-14-17(18-8-5-11-27-18)23-9-2-3-10-23/h4-8,11-12,17,20H,2-3,9-10,13-14H2,1H3,(H2,21,22,24). The highest BCUT2D eigenvalue weighted by molar-refractivity contribution is 7.89. The fourth-order valence-corrected chi connectivity index (χ4v) is 4.98. The average Bonchev–Trinajstić information content (AvgIpc) is 3.41. The van der Waals surface area contributed by atoms with Crippen LogP contribution in [0.15, 0.2) is 46.7 Å². The molecule has 0 aliphatic carbocycles. The van der Waals surface area contributed by atoms with Gasteiger partial charge in [0.15, 0.2) is 0 Å². The van der Waals surface area contributed by atoms with Gasteiger partial charge in [0.05, 0.1) is 10.9 Å². The molecule has 28 heavy (non-hydrogen) atoms. The molecule has 1 aliphatic rings.